The average Bonchev–Trinajstić information content (AvgIpc) is 2.98. The quantitative estimate of drug-likeness (QED) is 0.761. The van der Waals surface area contributed by atoms with Gasteiger partial charge < -0.3 is 10.0 Å². The van der Waals surface area contributed by atoms with Crippen LogP contribution in [-0.4, -0.2) is 34.5 Å². The summed E-state index contributed by atoms with van der Waals surface area (Å²) in [4.78, 5) is 24.3. The van der Waals surface area contributed by atoms with Crippen LogP contribution in [0.1, 0.15) is 38.5 Å². The molecule has 84 valence electrons. The van der Waals surface area contributed by atoms with Crippen molar-refractivity contribution in [3.63, 3.8) is 0 Å². The number of amides is 1. The van der Waals surface area contributed by atoms with Crippen LogP contribution in [0.15, 0.2) is 0 Å². The van der Waals surface area contributed by atoms with E-state index in [9.17, 15) is 9.59 Å². The van der Waals surface area contributed by atoms with E-state index in [-0.39, 0.29) is 18.4 Å². The lowest BCUT2D eigenvalue weighted by Gasteiger charge is -2.34. The van der Waals surface area contributed by atoms with E-state index in [4.69, 9.17) is 5.11 Å². The Bertz CT molecular complexity index is 273. The number of carboxylic acid groups (broad SMARTS) is 1. The number of piperidine rings is 1. The zero-order valence-electron chi connectivity index (χ0n) is 8.82. The van der Waals surface area contributed by atoms with Crippen LogP contribution < -0.4 is 0 Å². The van der Waals surface area contributed by atoms with Crippen molar-refractivity contribution in [3.8, 4) is 0 Å². The normalized spacial score (nSPS) is 24.0. The van der Waals surface area contributed by atoms with Gasteiger partial charge in [0.2, 0.25) is 5.91 Å². The molecule has 1 unspecified atom stereocenters. The van der Waals surface area contributed by atoms with Crippen LogP contribution in [0.3, 0.4) is 0 Å². The van der Waals surface area contributed by atoms with Crippen molar-refractivity contribution in [2.75, 3.05) is 6.54 Å². The summed E-state index contributed by atoms with van der Waals surface area (Å²) in [6, 6.07) is -0.0321. The molecule has 1 aliphatic carbocycles. The van der Waals surface area contributed by atoms with Gasteiger partial charge in [0, 0.05) is 19.0 Å². The maximum atomic E-state index is 11.7. The van der Waals surface area contributed by atoms with Crippen LogP contribution in [0, 0.1) is 5.92 Å². The summed E-state index contributed by atoms with van der Waals surface area (Å²) in [5, 5.41) is 8.84. The summed E-state index contributed by atoms with van der Waals surface area (Å²) >= 11 is 0. The highest BCUT2D eigenvalue weighted by molar-refractivity contribution is 5.78. The molecule has 2 aliphatic rings. The number of carbonyl (C=O) groups excluding carboxylic acids is 1. The average molecular weight is 211 g/mol. The molecule has 1 aliphatic heterocycles. The van der Waals surface area contributed by atoms with E-state index in [1.807, 2.05) is 4.90 Å². The smallest absolute Gasteiger partial charge is 0.305 e. The Balaban J connectivity index is 2.01. The van der Waals surface area contributed by atoms with Crippen LogP contribution in [0.2, 0.25) is 0 Å². The van der Waals surface area contributed by atoms with Gasteiger partial charge in [-0.05, 0) is 31.6 Å². The second-order valence-corrected chi connectivity index (χ2v) is 4.55. The van der Waals surface area contributed by atoms with E-state index in [2.05, 4.69) is 0 Å². The molecule has 0 radical (unpaired) electrons. The Kier molecular flexibility index (Phi) is 2.93. The number of aliphatic carboxylic acids is 1. The molecule has 1 atom stereocenters. The number of likely N-dealkylation sites (tertiary alicyclic amines) is 1. The fourth-order valence-corrected chi connectivity index (χ4v) is 2.37. The number of carboxylic acids is 1. The molecule has 0 aromatic rings. The molecule has 15 heavy (non-hydrogen) atoms. The van der Waals surface area contributed by atoms with Gasteiger partial charge in [-0.2, -0.15) is 0 Å². The van der Waals surface area contributed by atoms with Crippen LogP contribution in [0.25, 0.3) is 0 Å². The van der Waals surface area contributed by atoms with Gasteiger partial charge in [0.1, 0.15) is 0 Å². The highest BCUT2D eigenvalue weighted by Gasteiger charge is 2.39. The van der Waals surface area contributed by atoms with E-state index >= 15 is 0 Å². The van der Waals surface area contributed by atoms with E-state index in [0.29, 0.717) is 12.3 Å². The van der Waals surface area contributed by atoms with Crippen LogP contribution >= 0.6 is 0 Å². The van der Waals surface area contributed by atoms with Gasteiger partial charge in [-0.15, -0.1) is 0 Å². The van der Waals surface area contributed by atoms with Crippen molar-refractivity contribution in [2.45, 2.75) is 44.6 Å². The predicted molar refractivity (Wildman–Crippen MR) is 54.3 cm³/mol. The summed E-state index contributed by atoms with van der Waals surface area (Å²) in [6.45, 7) is 0.757. The van der Waals surface area contributed by atoms with E-state index in [1.54, 1.807) is 0 Å². The SMILES string of the molecule is O=C(O)CC(C1CC1)N1CCCCC1=O. The van der Waals surface area contributed by atoms with E-state index in [0.717, 1.165) is 32.2 Å². The molecular weight excluding hydrogens is 194 g/mol. The molecule has 0 spiro atoms. The van der Waals surface area contributed by atoms with Gasteiger partial charge in [-0.3, -0.25) is 9.59 Å². The molecule has 1 amide bonds. The summed E-state index contributed by atoms with van der Waals surface area (Å²) in [6.07, 6.45) is 4.87. The molecule has 1 N–H and O–H groups in total. The van der Waals surface area contributed by atoms with Gasteiger partial charge in [0.15, 0.2) is 0 Å². The van der Waals surface area contributed by atoms with Gasteiger partial charge in [0.05, 0.1) is 6.42 Å². The number of nitrogens with zero attached hydrogens (tertiary/aromatic N) is 1. The first-order valence-corrected chi connectivity index (χ1v) is 5.70. The zero-order valence-corrected chi connectivity index (χ0v) is 8.82. The number of hydrogen-bond acceptors (Lipinski definition) is 2. The number of hydrogen-bond donors (Lipinski definition) is 1. The van der Waals surface area contributed by atoms with Crippen LogP contribution in [0.4, 0.5) is 0 Å². The molecule has 0 aromatic carbocycles. The Morgan fingerprint density at radius 1 is 1.47 bits per heavy atom. The topological polar surface area (TPSA) is 57.6 Å². The largest absolute Gasteiger partial charge is 0.481 e. The molecule has 2 fully saturated rings. The van der Waals surface area contributed by atoms with Crippen molar-refractivity contribution >= 4 is 11.9 Å². The lowest BCUT2D eigenvalue weighted by Crippen LogP contribution is -2.45. The maximum Gasteiger partial charge on any atom is 0.305 e. The summed E-state index contributed by atoms with van der Waals surface area (Å²) < 4.78 is 0. The van der Waals surface area contributed by atoms with Gasteiger partial charge in [-0.25, -0.2) is 0 Å². The molecule has 4 nitrogen and oxygen atoms in total. The molecule has 1 heterocycles. The third-order valence-corrected chi connectivity index (χ3v) is 3.31. The molecular formula is C11H17NO3. The van der Waals surface area contributed by atoms with Gasteiger partial charge >= 0.3 is 5.97 Å². The van der Waals surface area contributed by atoms with Gasteiger partial charge in [-0.1, -0.05) is 0 Å². The Morgan fingerprint density at radius 3 is 2.73 bits per heavy atom. The minimum Gasteiger partial charge on any atom is -0.481 e. The molecule has 4 heteroatoms. The first-order chi connectivity index (χ1) is 7.18. The minimum absolute atomic E-state index is 0.0321. The maximum absolute atomic E-state index is 11.7. The summed E-state index contributed by atoms with van der Waals surface area (Å²) in [5.74, 6) is -0.187. The summed E-state index contributed by atoms with van der Waals surface area (Å²) in [7, 11) is 0. The molecule has 1 saturated carbocycles. The third kappa shape index (κ3) is 2.49. The second kappa shape index (κ2) is 4.21. The van der Waals surface area contributed by atoms with E-state index < -0.39 is 5.97 Å². The fourth-order valence-electron chi connectivity index (χ4n) is 2.37. The van der Waals surface area contributed by atoms with Gasteiger partial charge in [0.25, 0.3) is 0 Å². The molecule has 1 saturated heterocycles. The number of carbonyl (C=O) groups is 2. The minimum atomic E-state index is -0.787. The standard InChI is InChI=1S/C11H17NO3/c13-10-3-1-2-6-12(10)9(7-11(14)15)8-4-5-8/h8-9H,1-7H2,(H,14,15). The Hall–Kier alpha value is -1.06. The van der Waals surface area contributed by atoms with Crippen molar-refractivity contribution in [1.29, 1.82) is 0 Å². The lowest BCUT2D eigenvalue weighted by molar-refractivity contribution is -0.142. The first-order valence-electron chi connectivity index (χ1n) is 5.70. The highest BCUT2D eigenvalue weighted by Crippen LogP contribution is 2.38. The second-order valence-electron chi connectivity index (χ2n) is 4.55. The van der Waals surface area contributed by atoms with Crippen molar-refractivity contribution in [2.24, 2.45) is 5.92 Å². The Morgan fingerprint density at radius 2 is 2.20 bits per heavy atom. The number of rotatable bonds is 4. The van der Waals surface area contributed by atoms with Crippen molar-refractivity contribution in [1.82, 2.24) is 4.90 Å². The Labute approximate surface area is 89.3 Å². The summed E-state index contributed by atoms with van der Waals surface area (Å²) in [5.41, 5.74) is 0. The monoisotopic (exact) mass is 211 g/mol. The van der Waals surface area contributed by atoms with Crippen molar-refractivity contribution < 1.29 is 14.7 Å². The van der Waals surface area contributed by atoms with Crippen LogP contribution in [-0.2, 0) is 9.59 Å². The van der Waals surface area contributed by atoms with Crippen LogP contribution in [0.5, 0.6) is 0 Å². The first kappa shape index (κ1) is 10.5. The zero-order chi connectivity index (χ0) is 10.8. The lowest BCUT2D eigenvalue weighted by atomic mass is 10.0. The molecule has 0 aromatic heterocycles. The van der Waals surface area contributed by atoms with E-state index in [1.165, 1.54) is 0 Å². The fraction of sp³-hybridized carbons (Fsp3) is 0.818. The third-order valence-electron chi connectivity index (χ3n) is 3.31. The highest BCUT2D eigenvalue weighted by atomic mass is 16.4. The predicted octanol–water partition coefficient (Wildman–Crippen LogP) is 1.25. The van der Waals surface area contributed by atoms with Crippen molar-refractivity contribution in [3.05, 3.63) is 0 Å². The molecule has 0 bridgehead atoms. The molecule has 2 rings (SSSR count).